The first kappa shape index (κ1) is 18.4. The summed E-state index contributed by atoms with van der Waals surface area (Å²) in [6.45, 7) is 3.98. The van der Waals surface area contributed by atoms with E-state index >= 15 is 0 Å². The summed E-state index contributed by atoms with van der Waals surface area (Å²) in [6, 6.07) is 9.89. The van der Waals surface area contributed by atoms with Crippen LogP contribution in [0.3, 0.4) is 0 Å². The fraction of sp³-hybridized carbons (Fsp3) is 0.300. The lowest BCUT2D eigenvalue weighted by atomic mass is 10.1. The second-order valence-corrected chi connectivity index (χ2v) is 6.93. The van der Waals surface area contributed by atoms with Crippen molar-refractivity contribution in [2.24, 2.45) is 11.8 Å². The van der Waals surface area contributed by atoms with Gasteiger partial charge in [0.1, 0.15) is 5.82 Å². The minimum absolute atomic E-state index is 0.0560. The second-order valence-electron chi connectivity index (χ2n) is 6.52. The van der Waals surface area contributed by atoms with Crippen molar-refractivity contribution >= 4 is 34.8 Å². The molecule has 0 radical (unpaired) electrons. The van der Waals surface area contributed by atoms with Crippen LogP contribution in [0.15, 0.2) is 36.4 Å². The first-order chi connectivity index (χ1) is 12.4. The average Bonchev–Trinajstić information content (AvgIpc) is 3.41. The van der Waals surface area contributed by atoms with Crippen LogP contribution in [-0.2, 0) is 16.0 Å². The maximum atomic E-state index is 13.2. The molecule has 1 fully saturated rings. The maximum absolute atomic E-state index is 13.2. The van der Waals surface area contributed by atoms with Crippen molar-refractivity contribution in [2.75, 3.05) is 10.6 Å². The van der Waals surface area contributed by atoms with Crippen LogP contribution in [0.25, 0.3) is 0 Å². The summed E-state index contributed by atoms with van der Waals surface area (Å²) in [6.07, 6.45) is 1.32. The van der Waals surface area contributed by atoms with Gasteiger partial charge in [0.2, 0.25) is 11.8 Å². The highest BCUT2D eigenvalue weighted by Crippen LogP contribution is 2.40. The van der Waals surface area contributed by atoms with Crippen LogP contribution >= 0.6 is 11.6 Å². The third kappa shape index (κ3) is 3.88. The molecule has 0 aromatic heterocycles. The third-order valence-electron chi connectivity index (χ3n) is 4.64. The van der Waals surface area contributed by atoms with Gasteiger partial charge in [0, 0.05) is 11.4 Å². The van der Waals surface area contributed by atoms with E-state index in [-0.39, 0.29) is 28.7 Å². The number of carbonyl (C=O) groups is 2. The largest absolute Gasteiger partial charge is 0.326 e. The molecule has 2 aromatic carbocycles. The zero-order valence-electron chi connectivity index (χ0n) is 14.6. The van der Waals surface area contributed by atoms with Gasteiger partial charge in [-0.25, -0.2) is 4.39 Å². The Morgan fingerprint density at radius 2 is 1.85 bits per heavy atom. The highest BCUT2D eigenvalue weighted by atomic mass is 35.5. The Morgan fingerprint density at radius 3 is 2.50 bits per heavy atom. The molecule has 4 nitrogen and oxygen atoms in total. The molecule has 26 heavy (non-hydrogen) atoms. The van der Waals surface area contributed by atoms with Crippen molar-refractivity contribution < 1.29 is 14.0 Å². The molecule has 136 valence electrons. The molecule has 0 bridgehead atoms. The summed E-state index contributed by atoms with van der Waals surface area (Å²) >= 11 is 5.71. The maximum Gasteiger partial charge on any atom is 0.228 e. The summed E-state index contributed by atoms with van der Waals surface area (Å²) in [5.41, 5.74) is 3.32. The number of para-hydroxylation sites is 1. The molecule has 1 aliphatic rings. The van der Waals surface area contributed by atoms with Crippen LogP contribution in [0.1, 0.15) is 24.5 Å². The van der Waals surface area contributed by atoms with Gasteiger partial charge in [-0.1, -0.05) is 36.7 Å². The van der Waals surface area contributed by atoms with Crippen LogP contribution < -0.4 is 10.6 Å². The van der Waals surface area contributed by atoms with Gasteiger partial charge in [0.15, 0.2) is 0 Å². The molecular formula is C20H20ClFN2O2. The number of nitrogens with one attached hydrogen (secondary N) is 2. The number of hydrogen-bond acceptors (Lipinski definition) is 2. The molecule has 2 aromatic rings. The topological polar surface area (TPSA) is 58.2 Å². The van der Waals surface area contributed by atoms with Crippen LogP contribution in [0.4, 0.5) is 15.8 Å². The first-order valence-electron chi connectivity index (χ1n) is 8.56. The summed E-state index contributed by atoms with van der Waals surface area (Å²) in [5.74, 6) is -1.68. The fourth-order valence-corrected chi connectivity index (χ4v) is 3.18. The van der Waals surface area contributed by atoms with Crippen molar-refractivity contribution in [2.45, 2.75) is 26.7 Å². The van der Waals surface area contributed by atoms with E-state index in [9.17, 15) is 14.0 Å². The van der Waals surface area contributed by atoms with Crippen LogP contribution in [0.2, 0.25) is 5.02 Å². The van der Waals surface area contributed by atoms with E-state index in [1.165, 1.54) is 18.2 Å². The lowest BCUT2D eigenvalue weighted by Crippen LogP contribution is -2.21. The molecule has 2 N–H and O–H groups in total. The SMILES string of the molecule is CCc1cccc(C)c1NC(=O)C1CC1C(=O)Nc1ccc(F)c(Cl)c1. The van der Waals surface area contributed by atoms with E-state index in [1.807, 2.05) is 32.0 Å². The van der Waals surface area contributed by atoms with Crippen LogP contribution in [-0.4, -0.2) is 11.8 Å². The number of carbonyl (C=O) groups excluding carboxylic acids is 2. The normalized spacial score (nSPS) is 18.3. The van der Waals surface area contributed by atoms with Gasteiger partial charge < -0.3 is 10.6 Å². The summed E-state index contributed by atoms with van der Waals surface area (Å²) < 4.78 is 13.2. The first-order valence-corrected chi connectivity index (χ1v) is 8.93. The standard InChI is InChI=1S/C20H20ClFN2O2/c1-3-12-6-4-5-11(2)18(12)24-20(26)15-10-14(15)19(25)23-13-7-8-17(22)16(21)9-13/h4-9,14-15H,3,10H2,1-2H3,(H,23,25)(H,24,26). The minimum Gasteiger partial charge on any atom is -0.326 e. The number of halogens is 2. The Morgan fingerprint density at radius 1 is 1.15 bits per heavy atom. The van der Waals surface area contributed by atoms with E-state index < -0.39 is 5.82 Å². The molecule has 0 heterocycles. The molecule has 0 spiro atoms. The smallest absolute Gasteiger partial charge is 0.228 e. The quantitative estimate of drug-likeness (QED) is 0.805. The van der Waals surface area contributed by atoms with Crippen molar-refractivity contribution in [1.82, 2.24) is 0 Å². The molecule has 1 saturated carbocycles. The van der Waals surface area contributed by atoms with E-state index in [1.54, 1.807) is 0 Å². The minimum atomic E-state index is -0.543. The molecule has 1 aliphatic carbocycles. The average molecular weight is 375 g/mol. The Kier molecular flexibility index (Phi) is 5.28. The van der Waals surface area contributed by atoms with Gasteiger partial charge in [0.25, 0.3) is 0 Å². The van der Waals surface area contributed by atoms with Gasteiger partial charge in [0.05, 0.1) is 16.9 Å². The van der Waals surface area contributed by atoms with E-state index in [0.717, 1.165) is 23.2 Å². The Hall–Kier alpha value is -2.40. The predicted octanol–water partition coefficient (Wildman–Crippen LogP) is 4.56. The van der Waals surface area contributed by atoms with Gasteiger partial charge in [-0.2, -0.15) is 0 Å². The molecule has 6 heteroatoms. The number of amides is 2. The zero-order chi connectivity index (χ0) is 18.8. The molecule has 2 unspecified atom stereocenters. The number of anilines is 2. The summed E-state index contributed by atoms with van der Waals surface area (Å²) in [7, 11) is 0. The lowest BCUT2D eigenvalue weighted by Gasteiger charge is -2.13. The Bertz CT molecular complexity index is 869. The van der Waals surface area contributed by atoms with Crippen molar-refractivity contribution in [1.29, 1.82) is 0 Å². The predicted molar refractivity (Wildman–Crippen MR) is 101 cm³/mol. The van der Waals surface area contributed by atoms with Gasteiger partial charge >= 0.3 is 0 Å². The van der Waals surface area contributed by atoms with Crippen LogP contribution in [0, 0.1) is 24.6 Å². The zero-order valence-corrected chi connectivity index (χ0v) is 15.4. The molecule has 0 aliphatic heterocycles. The monoisotopic (exact) mass is 374 g/mol. The number of hydrogen-bond donors (Lipinski definition) is 2. The van der Waals surface area contributed by atoms with Crippen molar-refractivity contribution in [3.05, 3.63) is 58.4 Å². The van der Waals surface area contributed by atoms with E-state index in [0.29, 0.717) is 12.1 Å². The Balaban J connectivity index is 1.62. The Labute approximate surface area is 156 Å². The van der Waals surface area contributed by atoms with Gasteiger partial charge in [-0.05, 0) is 49.1 Å². The fourth-order valence-electron chi connectivity index (χ4n) is 3.00. The second kappa shape index (κ2) is 7.46. The molecule has 3 rings (SSSR count). The van der Waals surface area contributed by atoms with E-state index in [4.69, 9.17) is 11.6 Å². The van der Waals surface area contributed by atoms with Gasteiger partial charge in [-0.15, -0.1) is 0 Å². The molecular weight excluding hydrogens is 355 g/mol. The third-order valence-corrected chi connectivity index (χ3v) is 4.93. The highest BCUT2D eigenvalue weighted by Gasteiger charge is 2.48. The number of aryl methyl sites for hydroxylation is 2. The molecule has 0 saturated heterocycles. The highest BCUT2D eigenvalue weighted by molar-refractivity contribution is 6.31. The van der Waals surface area contributed by atoms with Crippen LogP contribution in [0.5, 0.6) is 0 Å². The molecule has 2 amide bonds. The van der Waals surface area contributed by atoms with Crippen molar-refractivity contribution in [3.63, 3.8) is 0 Å². The van der Waals surface area contributed by atoms with E-state index in [2.05, 4.69) is 10.6 Å². The summed E-state index contributed by atoms with van der Waals surface area (Å²) in [5, 5.41) is 5.60. The lowest BCUT2D eigenvalue weighted by molar-refractivity contribution is -0.122. The number of rotatable bonds is 5. The summed E-state index contributed by atoms with van der Waals surface area (Å²) in [4.78, 5) is 24.8. The van der Waals surface area contributed by atoms with Crippen molar-refractivity contribution in [3.8, 4) is 0 Å². The van der Waals surface area contributed by atoms with Gasteiger partial charge in [-0.3, -0.25) is 9.59 Å². The molecule has 2 atom stereocenters. The number of benzene rings is 2.